The first-order valence-electron chi connectivity index (χ1n) is 53.4. The summed E-state index contributed by atoms with van der Waals surface area (Å²) >= 11 is 0. The van der Waals surface area contributed by atoms with Crippen molar-refractivity contribution in [2.75, 3.05) is 0 Å². The second-order valence-corrected chi connectivity index (χ2v) is 31.2. The van der Waals surface area contributed by atoms with Crippen LogP contribution in [0.1, 0.15) is 718 Å². The van der Waals surface area contributed by atoms with E-state index in [0.29, 0.717) is 0 Å². The van der Waals surface area contributed by atoms with Gasteiger partial charge in [-0.15, -0.1) is 0 Å². The molecule has 0 fully saturated rings. The van der Waals surface area contributed by atoms with E-state index in [9.17, 15) is 0 Å². The third kappa shape index (κ3) is 579. The molecule has 780 valence electrons. The minimum absolute atomic E-state index is 0. The number of hydrogen-bond donors (Lipinski definition) is 1. The lowest BCUT2D eigenvalue weighted by Gasteiger charge is -1.86. The number of aliphatic carboxylic acids is 1. The molecule has 0 atom stereocenters. The fourth-order valence-electron chi connectivity index (χ4n) is 9.00. The van der Waals surface area contributed by atoms with Crippen molar-refractivity contribution in [2.45, 2.75) is 718 Å². The Bertz CT molecular complexity index is 653. The molecule has 0 aromatic rings. The molecule has 0 saturated heterocycles. The molecule has 0 spiro atoms. The minimum atomic E-state index is -0.833. The van der Waals surface area contributed by atoms with Gasteiger partial charge in [-0.05, 0) is 0 Å². The maximum absolute atomic E-state index is 9.00. The summed E-state index contributed by atoms with van der Waals surface area (Å²) in [6.45, 7) is 81.4. The summed E-state index contributed by atoms with van der Waals surface area (Å²) in [7, 11) is 0. The molecule has 0 aromatic heterocycles. The van der Waals surface area contributed by atoms with E-state index in [-0.39, 0.29) is 49.3 Å². The van der Waals surface area contributed by atoms with Crippen molar-refractivity contribution in [2.24, 2.45) is 0 Å². The molecule has 0 aromatic carbocycles. The van der Waals surface area contributed by atoms with Gasteiger partial charge in [0.05, 0.1) is 0 Å². The average molecular weight is 1770 g/mol. The van der Waals surface area contributed by atoms with Gasteiger partial charge in [0.2, 0.25) is 0 Å². The molecule has 0 aliphatic rings. The molecular formula is C110H274O11. The number of carboxylic acid groups (broad SMARTS) is 1. The second kappa shape index (κ2) is 303. The lowest BCUT2D eigenvalue weighted by molar-refractivity contribution is -0.134. The lowest BCUT2D eigenvalue weighted by Crippen LogP contribution is -1.78. The zero-order valence-corrected chi connectivity index (χ0v) is 93.8. The Labute approximate surface area is 779 Å². The third-order valence-corrected chi connectivity index (χ3v) is 17.2. The van der Waals surface area contributed by atoms with Gasteiger partial charge >= 0.3 is 0 Å². The van der Waals surface area contributed by atoms with Crippen molar-refractivity contribution in [3.8, 4) is 0 Å². The van der Waals surface area contributed by atoms with Crippen molar-refractivity contribution in [1.82, 2.24) is 0 Å². The molecule has 11 heteroatoms. The van der Waals surface area contributed by atoms with Gasteiger partial charge in [-0.2, -0.15) is 0 Å². The topological polar surface area (TPSA) is 321 Å². The molecular weight excluding hydrogens is 1500 g/mol. The normalized spacial score (nSPS) is 8.24. The van der Waals surface area contributed by atoms with Crippen LogP contribution in [0.5, 0.6) is 0 Å². The Hall–Kier alpha value is -0.890. The minimum Gasteiger partial charge on any atom is -0.481 e. The van der Waals surface area contributed by atoms with Crippen LogP contribution in [0, 0.1) is 0 Å². The summed E-state index contributed by atoms with van der Waals surface area (Å²) in [5.41, 5.74) is 0. The van der Waals surface area contributed by atoms with Crippen LogP contribution >= 0.6 is 0 Å². The summed E-state index contributed by atoms with van der Waals surface area (Å²) in [5.74, 6) is -0.833. The van der Waals surface area contributed by atoms with Gasteiger partial charge in [-0.25, -0.2) is 0 Å². The first-order chi connectivity index (χ1) is 54.2. The van der Waals surface area contributed by atoms with E-state index in [1.165, 1.54) is 462 Å². The van der Waals surface area contributed by atoms with Crippen LogP contribution in [-0.2, 0) is 4.79 Å². The zero-order valence-electron chi connectivity index (χ0n) is 93.8. The highest BCUT2D eigenvalue weighted by molar-refractivity contribution is 5.62. The van der Waals surface area contributed by atoms with Gasteiger partial charge in [0.1, 0.15) is 0 Å². The van der Waals surface area contributed by atoms with Crippen molar-refractivity contribution in [3.63, 3.8) is 0 Å². The fourth-order valence-corrected chi connectivity index (χ4v) is 9.00. The first kappa shape index (κ1) is 201. The SMILES string of the molecule is CC(=O)O.CCCCCC.CCCCCC.CCCCCC.CCCCCC.CCCCCC.CCCCCC.CCCCCC.CCCCCC.CCCCCC.CCCCCC.CCCCCC.CCCCCC.CCCCCC.CCCCCC.CCCCCC.CCCCCC.CCCCCC.CCCCCC.O.O.O.O.O.O.O.O.O. The molecule has 11 nitrogen and oxygen atoms in total. The van der Waals surface area contributed by atoms with E-state index in [0.717, 1.165) is 6.92 Å². The highest BCUT2D eigenvalue weighted by Gasteiger charge is 1.84. The Morgan fingerprint density at radius 1 is 0.107 bits per heavy atom. The summed E-state index contributed by atoms with van der Waals surface area (Å²) in [5, 5.41) is 7.42. The van der Waals surface area contributed by atoms with Gasteiger partial charge < -0.3 is 54.4 Å². The maximum Gasteiger partial charge on any atom is 0.300 e. The summed E-state index contributed by atoms with van der Waals surface area (Å²) in [6, 6.07) is 0. The Morgan fingerprint density at radius 3 is 0.132 bits per heavy atom. The van der Waals surface area contributed by atoms with Crippen molar-refractivity contribution >= 4 is 5.97 Å². The molecule has 19 N–H and O–H groups in total. The summed E-state index contributed by atoms with van der Waals surface area (Å²) < 4.78 is 0. The largest absolute Gasteiger partial charge is 0.481 e. The number of hydrogen-bond acceptors (Lipinski definition) is 1. The summed E-state index contributed by atoms with van der Waals surface area (Å²) in [6.07, 6.45) is 99.7. The predicted octanol–water partition coefficient (Wildman–Crippen LogP) is 39.2. The first-order valence-corrected chi connectivity index (χ1v) is 53.4. The maximum atomic E-state index is 9.00. The zero-order chi connectivity index (χ0) is 90.5. The van der Waals surface area contributed by atoms with Crippen molar-refractivity contribution in [3.05, 3.63) is 0 Å². The van der Waals surface area contributed by atoms with E-state index in [1.807, 2.05) is 0 Å². The van der Waals surface area contributed by atoms with Gasteiger partial charge in [-0.1, -0.05) is 712 Å². The Balaban J connectivity index is -0.0000000289. The highest BCUT2D eigenvalue weighted by atomic mass is 16.4. The van der Waals surface area contributed by atoms with Crippen LogP contribution in [0.15, 0.2) is 0 Å². The summed E-state index contributed by atoms with van der Waals surface area (Å²) in [4.78, 5) is 9.00. The molecule has 0 saturated carbocycles. The van der Waals surface area contributed by atoms with Gasteiger partial charge in [0.15, 0.2) is 0 Å². The van der Waals surface area contributed by atoms with Gasteiger partial charge in [0, 0.05) is 6.92 Å². The van der Waals surface area contributed by atoms with Crippen LogP contribution in [0.2, 0.25) is 0 Å². The monoisotopic (exact) mass is 1770 g/mol. The number of rotatable bonds is 54. The number of unbranched alkanes of at least 4 members (excludes halogenated alkanes) is 54. The molecule has 0 radical (unpaired) electrons. The molecule has 0 amide bonds. The predicted molar refractivity (Wildman–Crippen MR) is 583 cm³/mol. The highest BCUT2D eigenvalue weighted by Crippen LogP contribution is 2.04. The van der Waals surface area contributed by atoms with E-state index in [2.05, 4.69) is 249 Å². The van der Waals surface area contributed by atoms with Crippen LogP contribution in [0.4, 0.5) is 0 Å². The molecule has 0 heterocycles. The Morgan fingerprint density at radius 2 is 0.124 bits per heavy atom. The van der Waals surface area contributed by atoms with Crippen LogP contribution in [0.25, 0.3) is 0 Å². The van der Waals surface area contributed by atoms with E-state index < -0.39 is 5.97 Å². The third-order valence-electron chi connectivity index (χ3n) is 17.2. The smallest absolute Gasteiger partial charge is 0.300 e. The standard InChI is InChI=1S/18C6H14.C2H4O2.9H2O/c18*1-3-5-6-4-2;1-2(3)4;;;;;;;;;/h18*3-6H2,1-2H3;1H3,(H,3,4);9*1H2. The van der Waals surface area contributed by atoms with Crippen LogP contribution < -0.4 is 0 Å². The second-order valence-electron chi connectivity index (χ2n) is 31.2. The number of carbonyl (C=O) groups is 1. The molecule has 0 bridgehead atoms. The van der Waals surface area contributed by atoms with E-state index >= 15 is 0 Å². The van der Waals surface area contributed by atoms with Crippen LogP contribution in [-0.4, -0.2) is 60.4 Å². The van der Waals surface area contributed by atoms with E-state index in [4.69, 9.17) is 9.90 Å². The quantitative estimate of drug-likeness (QED) is 0.0581. The van der Waals surface area contributed by atoms with Crippen molar-refractivity contribution < 1.29 is 59.2 Å². The van der Waals surface area contributed by atoms with Gasteiger partial charge in [-0.3, -0.25) is 4.79 Å². The molecule has 0 unspecified atom stereocenters. The number of carboxylic acids is 1. The molecule has 0 aliphatic heterocycles. The van der Waals surface area contributed by atoms with Gasteiger partial charge in [0.25, 0.3) is 5.97 Å². The molecule has 0 rings (SSSR count). The lowest BCUT2D eigenvalue weighted by atomic mass is 10.2. The van der Waals surface area contributed by atoms with Crippen molar-refractivity contribution in [1.29, 1.82) is 0 Å². The Kier molecular flexibility index (Phi) is 502. The van der Waals surface area contributed by atoms with E-state index in [1.54, 1.807) is 0 Å². The molecule has 0 aliphatic carbocycles. The average Bonchev–Trinajstić information content (AvgIpc) is 3.77. The fraction of sp³-hybridized carbons (Fsp3) is 0.991. The molecule has 121 heavy (non-hydrogen) atoms. The van der Waals surface area contributed by atoms with Crippen LogP contribution in [0.3, 0.4) is 0 Å².